The van der Waals surface area contributed by atoms with E-state index in [0.29, 0.717) is 0 Å². The second-order valence-electron chi connectivity index (χ2n) is 7.32. The molecule has 1 rings (SSSR count). The van der Waals surface area contributed by atoms with E-state index < -0.39 is 0 Å². The van der Waals surface area contributed by atoms with E-state index in [1.807, 2.05) is 0 Å². The van der Waals surface area contributed by atoms with Gasteiger partial charge in [-0.1, -0.05) is 76.9 Å². The minimum Gasteiger partial charge on any atom is -0.395 e. The fourth-order valence-corrected chi connectivity index (χ4v) is 3.55. The van der Waals surface area contributed by atoms with Gasteiger partial charge in [-0.05, 0) is 25.7 Å². The van der Waals surface area contributed by atoms with E-state index in [1.54, 1.807) is 0 Å². The first-order chi connectivity index (χ1) is 12.4. The van der Waals surface area contributed by atoms with Gasteiger partial charge in [0.1, 0.15) is 0 Å². The number of aliphatic hydroxyl groups excluding tert-OH is 1. The first-order valence-corrected chi connectivity index (χ1v) is 10.9. The smallest absolute Gasteiger partial charge is 0.0991 e. The Morgan fingerprint density at radius 3 is 2.08 bits per heavy atom. The van der Waals surface area contributed by atoms with Crippen LogP contribution in [0.25, 0.3) is 0 Å². The number of hydrogen-bond donors (Lipinski definition) is 1. The summed E-state index contributed by atoms with van der Waals surface area (Å²) in [6.45, 7) is 5.13. The Labute approximate surface area is 156 Å². The van der Waals surface area contributed by atoms with Crippen LogP contribution in [0.2, 0.25) is 0 Å². The van der Waals surface area contributed by atoms with E-state index >= 15 is 0 Å². The summed E-state index contributed by atoms with van der Waals surface area (Å²) < 4.78 is 0. The predicted octanol–water partition coefficient (Wildman–Crippen LogP) is 5.73. The summed E-state index contributed by atoms with van der Waals surface area (Å²) in [6.07, 6.45) is 23.4. The summed E-state index contributed by atoms with van der Waals surface area (Å²) >= 11 is 0. The summed E-state index contributed by atoms with van der Waals surface area (Å²) in [7, 11) is 0. The first-order valence-electron chi connectivity index (χ1n) is 10.9. The molecule has 0 atom stereocenters. The van der Waals surface area contributed by atoms with Gasteiger partial charge in [0.05, 0.1) is 19.0 Å². The number of aliphatic imine (C=N–C) groups is 1. The quantitative estimate of drug-likeness (QED) is 0.268. The fraction of sp³-hybridized carbons (Fsp3) is 0.864. The van der Waals surface area contributed by atoms with Crippen LogP contribution < -0.4 is 0 Å². The molecule has 0 radical (unpaired) electrons. The average molecular weight is 351 g/mol. The van der Waals surface area contributed by atoms with Gasteiger partial charge < -0.3 is 10.0 Å². The second kappa shape index (κ2) is 16.6. The summed E-state index contributed by atoms with van der Waals surface area (Å²) in [5.74, 6) is 1.24. The van der Waals surface area contributed by atoms with Crippen LogP contribution in [0.15, 0.2) is 17.1 Å². The van der Waals surface area contributed by atoms with Crippen LogP contribution in [0.1, 0.15) is 96.8 Å². The maximum atomic E-state index is 9.05. The predicted molar refractivity (Wildman–Crippen MR) is 110 cm³/mol. The number of nitrogens with zero attached hydrogens (tertiary/aromatic N) is 2. The Bertz CT molecular complexity index is 352. The highest BCUT2D eigenvalue weighted by molar-refractivity contribution is 5.83. The number of aliphatic hydroxyl groups is 1. The molecule has 0 bridgehead atoms. The number of allylic oxidation sites excluding steroid dienone is 2. The third-order valence-corrected chi connectivity index (χ3v) is 5.07. The van der Waals surface area contributed by atoms with E-state index in [0.717, 1.165) is 26.1 Å². The van der Waals surface area contributed by atoms with Crippen LogP contribution in [0.3, 0.4) is 0 Å². The third-order valence-electron chi connectivity index (χ3n) is 5.07. The van der Waals surface area contributed by atoms with Crippen molar-refractivity contribution in [2.45, 2.75) is 96.8 Å². The van der Waals surface area contributed by atoms with Gasteiger partial charge in [-0.25, -0.2) is 0 Å². The van der Waals surface area contributed by atoms with Crippen LogP contribution in [-0.2, 0) is 0 Å². The van der Waals surface area contributed by atoms with Crippen LogP contribution >= 0.6 is 0 Å². The molecule has 3 heteroatoms. The Hall–Kier alpha value is -0.830. The molecular formula is C22H42N2O. The molecule has 0 unspecified atom stereocenters. The van der Waals surface area contributed by atoms with E-state index in [-0.39, 0.29) is 6.61 Å². The lowest BCUT2D eigenvalue weighted by Crippen LogP contribution is -2.30. The first kappa shape index (κ1) is 22.2. The molecular weight excluding hydrogens is 308 g/mol. The maximum absolute atomic E-state index is 9.05. The minimum atomic E-state index is 0.245. The molecule has 0 spiro atoms. The molecule has 1 aliphatic rings. The van der Waals surface area contributed by atoms with Gasteiger partial charge in [-0.2, -0.15) is 0 Å². The summed E-state index contributed by atoms with van der Waals surface area (Å²) in [6, 6.07) is 0. The van der Waals surface area contributed by atoms with Gasteiger partial charge in [-0.3, -0.25) is 4.99 Å². The summed E-state index contributed by atoms with van der Waals surface area (Å²) in [5, 5.41) is 9.05. The molecule has 0 aliphatic carbocycles. The lowest BCUT2D eigenvalue weighted by molar-refractivity contribution is 0.255. The van der Waals surface area contributed by atoms with Crippen molar-refractivity contribution in [1.82, 2.24) is 4.90 Å². The van der Waals surface area contributed by atoms with Gasteiger partial charge in [0, 0.05) is 19.5 Å². The number of unbranched alkanes of at least 4 members (excludes halogenated alkanes) is 11. The Morgan fingerprint density at radius 1 is 0.880 bits per heavy atom. The van der Waals surface area contributed by atoms with Gasteiger partial charge in [0.25, 0.3) is 0 Å². The molecule has 0 aromatic rings. The second-order valence-corrected chi connectivity index (χ2v) is 7.32. The van der Waals surface area contributed by atoms with Crippen molar-refractivity contribution in [3.8, 4) is 0 Å². The van der Waals surface area contributed by atoms with Crippen molar-refractivity contribution in [3.05, 3.63) is 12.2 Å². The topological polar surface area (TPSA) is 35.8 Å². The zero-order valence-electron chi connectivity index (χ0n) is 16.7. The van der Waals surface area contributed by atoms with Gasteiger partial charge in [0.2, 0.25) is 0 Å². The SMILES string of the molecule is CC/C=C/CCCCCCCCCCCCCC1=NCCN1CCO. The van der Waals surface area contributed by atoms with Crippen molar-refractivity contribution in [2.75, 3.05) is 26.2 Å². The molecule has 25 heavy (non-hydrogen) atoms. The van der Waals surface area contributed by atoms with Crippen LogP contribution in [0, 0.1) is 0 Å². The number of amidine groups is 1. The summed E-state index contributed by atoms with van der Waals surface area (Å²) in [5.41, 5.74) is 0. The third kappa shape index (κ3) is 12.2. The largest absolute Gasteiger partial charge is 0.395 e. The number of β-amino-alcohol motifs (C(OH)–C–C–N with tert-alkyl or cyclic N) is 1. The Morgan fingerprint density at radius 2 is 1.48 bits per heavy atom. The average Bonchev–Trinajstić information content (AvgIpc) is 3.06. The maximum Gasteiger partial charge on any atom is 0.0991 e. The molecule has 0 fully saturated rings. The highest BCUT2D eigenvalue weighted by Crippen LogP contribution is 2.14. The number of rotatable bonds is 17. The molecule has 1 N–H and O–H groups in total. The van der Waals surface area contributed by atoms with E-state index in [4.69, 9.17) is 5.11 Å². The van der Waals surface area contributed by atoms with Crippen LogP contribution in [-0.4, -0.2) is 42.1 Å². The fourth-order valence-electron chi connectivity index (χ4n) is 3.55. The molecule has 1 aliphatic heterocycles. The molecule has 146 valence electrons. The Kier molecular flexibility index (Phi) is 14.8. The van der Waals surface area contributed by atoms with E-state index in [2.05, 4.69) is 29.0 Å². The molecule has 0 saturated carbocycles. The van der Waals surface area contributed by atoms with Crippen molar-refractivity contribution in [2.24, 2.45) is 4.99 Å². The van der Waals surface area contributed by atoms with Crippen molar-refractivity contribution >= 4 is 5.84 Å². The Balaban J connectivity index is 1.78. The highest BCUT2D eigenvalue weighted by Gasteiger charge is 2.14. The molecule has 0 aromatic carbocycles. The van der Waals surface area contributed by atoms with Gasteiger partial charge in [0.15, 0.2) is 0 Å². The molecule has 1 heterocycles. The normalized spacial score (nSPS) is 14.6. The lowest BCUT2D eigenvalue weighted by atomic mass is 10.0. The van der Waals surface area contributed by atoms with Crippen molar-refractivity contribution < 1.29 is 5.11 Å². The molecule has 0 aromatic heterocycles. The molecule has 3 nitrogen and oxygen atoms in total. The monoisotopic (exact) mass is 350 g/mol. The van der Waals surface area contributed by atoms with E-state index in [9.17, 15) is 0 Å². The van der Waals surface area contributed by atoms with Crippen LogP contribution in [0.4, 0.5) is 0 Å². The number of hydrogen-bond acceptors (Lipinski definition) is 3. The molecule has 0 amide bonds. The zero-order chi connectivity index (χ0) is 18.0. The standard InChI is InChI=1S/C22H42N2O/c1-2-3-4-5-6-7-8-9-10-11-12-13-14-15-16-17-22-23-18-19-24(22)20-21-25/h3-4,25H,2,5-21H2,1H3/b4-3+. The molecule has 0 saturated heterocycles. The van der Waals surface area contributed by atoms with Crippen LogP contribution in [0.5, 0.6) is 0 Å². The van der Waals surface area contributed by atoms with E-state index in [1.165, 1.54) is 89.3 Å². The van der Waals surface area contributed by atoms with Crippen molar-refractivity contribution in [3.63, 3.8) is 0 Å². The summed E-state index contributed by atoms with van der Waals surface area (Å²) in [4.78, 5) is 6.82. The van der Waals surface area contributed by atoms with Gasteiger partial charge in [-0.15, -0.1) is 0 Å². The van der Waals surface area contributed by atoms with Crippen molar-refractivity contribution in [1.29, 1.82) is 0 Å². The lowest BCUT2D eigenvalue weighted by Gasteiger charge is -2.18. The minimum absolute atomic E-state index is 0.245. The van der Waals surface area contributed by atoms with Gasteiger partial charge >= 0.3 is 0 Å². The zero-order valence-corrected chi connectivity index (χ0v) is 16.7. The highest BCUT2D eigenvalue weighted by atomic mass is 16.3.